The standard InChI is InChI=1S/C24H41O4/c1-17-10-6-8-12-23(28-24(27)13-9-7-11-17)20(4)15-18(2)14-19(3)22(26)16-21(5)25/h6,8,11,14,17,19-23,25-26H,7,9-10,12-13,15-16H2,1-5H3/b8-6?,18-14+/t17?,19-,20+,21-,22-,23?/m1/s1. The highest BCUT2D eigenvalue weighted by Crippen LogP contribution is 2.24. The quantitative estimate of drug-likeness (QED) is 0.472. The minimum absolute atomic E-state index is 0.0155. The van der Waals surface area contributed by atoms with E-state index in [1.165, 1.54) is 5.57 Å². The van der Waals surface area contributed by atoms with Gasteiger partial charge in [-0.15, -0.1) is 0 Å². The first kappa shape index (κ1) is 24.9. The Hall–Kier alpha value is -1.13. The fourth-order valence-corrected chi connectivity index (χ4v) is 3.74. The van der Waals surface area contributed by atoms with Gasteiger partial charge in [0.1, 0.15) is 6.10 Å². The Kier molecular flexibility index (Phi) is 11.7. The molecule has 0 amide bonds. The summed E-state index contributed by atoms with van der Waals surface area (Å²) in [5, 5.41) is 19.6. The number of carbonyl (C=O) groups excluding carboxylic acids is 1. The van der Waals surface area contributed by atoms with Crippen molar-refractivity contribution in [1.29, 1.82) is 0 Å². The molecule has 0 aromatic rings. The van der Waals surface area contributed by atoms with Gasteiger partial charge in [0.15, 0.2) is 0 Å². The summed E-state index contributed by atoms with van der Waals surface area (Å²) in [5.41, 5.74) is 1.18. The highest BCUT2D eigenvalue weighted by Gasteiger charge is 2.22. The van der Waals surface area contributed by atoms with Gasteiger partial charge in [-0.1, -0.05) is 44.6 Å². The molecule has 1 aliphatic rings. The maximum Gasteiger partial charge on any atom is 0.306 e. The Labute approximate surface area is 172 Å². The molecule has 1 aliphatic heterocycles. The van der Waals surface area contributed by atoms with Crippen LogP contribution < -0.4 is 0 Å². The normalized spacial score (nSPS) is 27.1. The van der Waals surface area contributed by atoms with E-state index in [9.17, 15) is 15.0 Å². The summed E-state index contributed by atoms with van der Waals surface area (Å²) in [6.45, 7) is 10.1. The minimum Gasteiger partial charge on any atom is -0.462 e. The third-order valence-electron chi connectivity index (χ3n) is 5.50. The number of rotatable bonds is 7. The second-order valence-corrected chi connectivity index (χ2v) is 8.78. The summed E-state index contributed by atoms with van der Waals surface area (Å²) < 4.78 is 5.80. The number of ether oxygens (including phenoxy) is 1. The molecule has 0 spiro atoms. The van der Waals surface area contributed by atoms with Gasteiger partial charge in [0.05, 0.1) is 12.2 Å². The Morgan fingerprint density at radius 2 is 1.93 bits per heavy atom. The van der Waals surface area contributed by atoms with E-state index in [4.69, 9.17) is 4.74 Å². The molecule has 1 radical (unpaired) electrons. The number of hydrogen-bond acceptors (Lipinski definition) is 4. The number of esters is 1. The molecule has 6 atom stereocenters. The molecule has 0 bridgehead atoms. The summed E-state index contributed by atoms with van der Waals surface area (Å²) >= 11 is 0. The summed E-state index contributed by atoms with van der Waals surface area (Å²) in [7, 11) is 0. The molecule has 4 heteroatoms. The first-order chi connectivity index (χ1) is 13.2. The molecule has 0 aliphatic carbocycles. The lowest BCUT2D eigenvalue weighted by atomic mass is 9.90. The summed E-state index contributed by atoms with van der Waals surface area (Å²) in [6, 6.07) is 0. The van der Waals surface area contributed by atoms with E-state index in [0.717, 1.165) is 32.1 Å². The van der Waals surface area contributed by atoms with Gasteiger partial charge in [0.2, 0.25) is 0 Å². The van der Waals surface area contributed by atoms with Crippen molar-refractivity contribution in [3.63, 3.8) is 0 Å². The van der Waals surface area contributed by atoms with Crippen molar-refractivity contribution in [3.05, 3.63) is 30.2 Å². The molecule has 4 nitrogen and oxygen atoms in total. The van der Waals surface area contributed by atoms with Crippen LogP contribution in [-0.2, 0) is 9.53 Å². The average Bonchev–Trinajstić information content (AvgIpc) is 2.59. The van der Waals surface area contributed by atoms with Gasteiger partial charge in [0, 0.05) is 18.8 Å². The smallest absolute Gasteiger partial charge is 0.306 e. The van der Waals surface area contributed by atoms with Crippen LogP contribution in [0.2, 0.25) is 0 Å². The number of hydrogen-bond donors (Lipinski definition) is 2. The lowest BCUT2D eigenvalue weighted by molar-refractivity contribution is -0.151. The van der Waals surface area contributed by atoms with E-state index in [1.54, 1.807) is 6.92 Å². The average molecular weight is 394 g/mol. The van der Waals surface area contributed by atoms with Crippen LogP contribution in [0.5, 0.6) is 0 Å². The van der Waals surface area contributed by atoms with Gasteiger partial charge in [-0.05, 0) is 64.2 Å². The molecule has 0 aromatic carbocycles. The molecule has 1 heterocycles. The van der Waals surface area contributed by atoms with Crippen molar-refractivity contribution in [3.8, 4) is 0 Å². The maximum atomic E-state index is 12.2. The molecule has 0 aromatic heterocycles. The van der Waals surface area contributed by atoms with Crippen LogP contribution in [0.4, 0.5) is 0 Å². The Bertz CT molecular complexity index is 509. The van der Waals surface area contributed by atoms with Crippen LogP contribution in [0.1, 0.15) is 79.6 Å². The predicted octanol–water partition coefficient (Wildman–Crippen LogP) is 5.00. The molecule has 2 N–H and O–H groups in total. The fourth-order valence-electron chi connectivity index (χ4n) is 3.74. The third-order valence-corrected chi connectivity index (χ3v) is 5.50. The summed E-state index contributed by atoms with van der Waals surface area (Å²) in [5.74, 6) is 0.632. The zero-order valence-corrected chi connectivity index (χ0v) is 18.4. The molecule has 1 rings (SSSR count). The Balaban J connectivity index is 2.70. The number of allylic oxidation sites excluding steroid dienone is 2. The zero-order chi connectivity index (χ0) is 21.1. The highest BCUT2D eigenvalue weighted by atomic mass is 16.5. The number of aliphatic hydroxyl groups is 2. The Morgan fingerprint density at radius 3 is 2.61 bits per heavy atom. The molecule has 0 fully saturated rings. The number of cyclic esters (lactones) is 1. The minimum atomic E-state index is -0.550. The van der Waals surface area contributed by atoms with E-state index >= 15 is 0 Å². The van der Waals surface area contributed by atoms with Crippen LogP contribution in [0.25, 0.3) is 0 Å². The van der Waals surface area contributed by atoms with Gasteiger partial charge in [-0.25, -0.2) is 0 Å². The second-order valence-electron chi connectivity index (χ2n) is 8.78. The van der Waals surface area contributed by atoms with Gasteiger partial charge < -0.3 is 14.9 Å². The molecule has 161 valence electrons. The first-order valence-corrected chi connectivity index (χ1v) is 10.9. The monoisotopic (exact) mass is 393 g/mol. The summed E-state index contributed by atoms with van der Waals surface area (Å²) in [6.07, 6.45) is 12.8. The second kappa shape index (κ2) is 13.2. The molecule has 0 saturated carbocycles. The van der Waals surface area contributed by atoms with Crippen molar-refractivity contribution >= 4 is 5.97 Å². The topological polar surface area (TPSA) is 66.8 Å². The lowest BCUT2D eigenvalue weighted by Crippen LogP contribution is -2.26. The number of aliphatic hydroxyl groups excluding tert-OH is 2. The SMILES string of the molecule is C/C(=C\[C@@H](C)[C@H](O)C[C@@H](C)O)C[C@H](C)C1CC=CCC(C)[CH]CCCC(=O)O1. The van der Waals surface area contributed by atoms with Crippen molar-refractivity contribution in [2.24, 2.45) is 17.8 Å². The maximum absolute atomic E-state index is 12.2. The van der Waals surface area contributed by atoms with E-state index in [2.05, 4.69) is 45.4 Å². The predicted molar refractivity (Wildman–Crippen MR) is 115 cm³/mol. The molecular weight excluding hydrogens is 352 g/mol. The van der Waals surface area contributed by atoms with Crippen molar-refractivity contribution < 1.29 is 19.7 Å². The molecular formula is C24H41O4. The highest BCUT2D eigenvalue weighted by molar-refractivity contribution is 5.69. The van der Waals surface area contributed by atoms with Crippen LogP contribution in [0.15, 0.2) is 23.8 Å². The van der Waals surface area contributed by atoms with Crippen LogP contribution in [-0.4, -0.2) is 34.5 Å². The molecule has 2 unspecified atom stereocenters. The van der Waals surface area contributed by atoms with Crippen molar-refractivity contribution in [2.75, 3.05) is 0 Å². The van der Waals surface area contributed by atoms with E-state index < -0.39 is 12.2 Å². The van der Waals surface area contributed by atoms with Crippen LogP contribution in [0, 0.1) is 24.2 Å². The van der Waals surface area contributed by atoms with E-state index in [-0.39, 0.29) is 23.9 Å². The van der Waals surface area contributed by atoms with Crippen LogP contribution >= 0.6 is 0 Å². The van der Waals surface area contributed by atoms with Crippen molar-refractivity contribution in [1.82, 2.24) is 0 Å². The third kappa shape index (κ3) is 10.4. The molecule has 28 heavy (non-hydrogen) atoms. The zero-order valence-electron chi connectivity index (χ0n) is 18.4. The number of carbonyl (C=O) groups is 1. The van der Waals surface area contributed by atoms with Gasteiger partial charge in [0.25, 0.3) is 0 Å². The largest absolute Gasteiger partial charge is 0.462 e. The molecule has 0 saturated heterocycles. The van der Waals surface area contributed by atoms with E-state index in [1.807, 2.05) is 6.92 Å². The fraction of sp³-hybridized carbons (Fsp3) is 0.750. The first-order valence-electron chi connectivity index (χ1n) is 10.9. The van der Waals surface area contributed by atoms with Crippen molar-refractivity contribution in [2.45, 2.75) is 97.9 Å². The lowest BCUT2D eigenvalue weighted by Gasteiger charge is -2.25. The van der Waals surface area contributed by atoms with Crippen LogP contribution in [0.3, 0.4) is 0 Å². The van der Waals surface area contributed by atoms with Gasteiger partial charge in [-0.3, -0.25) is 4.79 Å². The summed E-state index contributed by atoms with van der Waals surface area (Å²) in [4.78, 5) is 12.2. The Morgan fingerprint density at radius 1 is 1.25 bits per heavy atom. The van der Waals surface area contributed by atoms with Gasteiger partial charge >= 0.3 is 5.97 Å². The van der Waals surface area contributed by atoms with Gasteiger partial charge in [-0.2, -0.15) is 0 Å². The van der Waals surface area contributed by atoms with E-state index in [0.29, 0.717) is 18.8 Å².